The first-order chi connectivity index (χ1) is 6.31. The second-order valence-electron chi connectivity index (χ2n) is 3.73. The molecule has 0 aromatic carbocycles. The molecule has 0 radical (unpaired) electrons. The lowest BCUT2D eigenvalue weighted by atomic mass is 10.4. The van der Waals surface area contributed by atoms with Gasteiger partial charge in [-0.25, -0.2) is 10.0 Å². The minimum Gasteiger partial charge on any atom is -0.275 e. The van der Waals surface area contributed by atoms with E-state index in [4.69, 9.17) is 0 Å². The molecule has 0 N–H and O–H groups in total. The topological polar surface area (TPSA) is 9.72 Å². The van der Waals surface area contributed by atoms with Crippen molar-refractivity contribution in [3.05, 3.63) is 0 Å². The highest BCUT2D eigenvalue weighted by molar-refractivity contribution is 5.85. The van der Waals surface area contributed by atoms with Gasteiger partial charge in [-0.3, -0.25) is 4.90 Å². The largest absolute Gasteiger partial charge is 0.275 e. The molecule has 3 nitrogen and oxygen atoms in total. The van der Waals surface area contributed by atoms with E-state index in [0.29, 0.717) is 0 Å². The predicted molar refractivity (Wildman–Crippen MR) is 63.4 cm³/mol. The molecule has 0 aromatic rings. The number of halogens is 1. The van der Waals surface area contributed by atoms with Gasteiger partial charge < -0.3 is 0 Å². The summed E-state index contributed by atoms with van der Waals surface area (Å²) >= 11 is 0. The van der Waals surface area contributed by atoms with Crippen LogP contribution in [-0.2, 0) is 0 Å². The van der Waals surface area contributed by atoms with Crippen LogP contribution in [0.5, 0.6) is 0 Å². The molecular weight excluding hydrogens is 198 g/mol. The molecule has 86 valence electrons. The molecule has 0 saturated carbocycles. The maximum atomic E-state index is 2.48. The fraction of sp³-hybridized carbons (Fsp3) is 1.00. The van der Waals surface area contributed by atoms with Crippen molar-refractivity contribution in [2.75, 3.05) is 33.0 Å². The molecule has 0 amide bonds. The molecule has 1 aliphatic rings. The number of hydrogen-bond acceptors (Lipinski definition) is 3. The van der Waals surface area contributed by atoms with Gasteiger partial charge >= 0.3 is 0 Å². The Kier molecular flexibility index (Phi) is 7.55. The smallest absolute Gasteiger partial charge is 0.0659 e. The lowest BCUT2D eigenvalue weighted by molar-refractivity contribution is 0.0276. The Morgan fingerprint density at radius 2 is 1.29 bits per heavy atom. The van der Waals surface area contributed by atoms with Crippen LogP contribution in [0.25, 0.3) is 0 Å². The SMILES string of the molecule is CCCN1CN(CC)CN1CCC.Cl. The zero-order valence-electron chi connectivity index (χ0n) is 9.70. The predicted octanol–water partition coefficient (Wildman–Crippen LogP) is 2.00. The Morgan fingerprint density at radius 1 is 0.857 bits per heavy atom. The van der Waals surface area contributed by atoms with E-state index in [2.05, 4.69) is 35.7 Å². The van der Waals surface area contributed by atoms with Crippen molar-refractivity contribution in [1.29, 1.82) is 0 Å². The van der Waals surface area contributed by atoms with E-state index in [9.17, 15) is 0 Å². The molecule has 0 aromatic heterocycles. The second-order valence-corrected chi connectivity index (χ2v) is 3.73. The van der Waals surface area contributed by atoms with Crippen molar-refractivity contribution in [3.63, 3.8) is 0 Å². The Morgan fingerprint density at radius 3 is 1.57 bits per heavy atom. The number of hydrazine groups is 1. The Bertz CT molecular complexity index is 129. The Labute approximate surface area is 94.4 Å². The molecule has 1 fully saturated rings. The first-order valence-electron chi connectivity index (χ1n) is 5.53. The average Bonchev–Trinajstić information content (AvgIpc) is 2.50. The quantitative estimate of drug-likeness (QED) is 0.703. The molecule has 1 saturated heterocycles. The van der Waals surface area contributed by atoms with E-state index >= 15 is 0 Å². The second kappa shape index (κ2) is 7.46. The summed E-state index contributed by atoms with van der Waals surface area (Å²) in [5.74, 6) is 0. The molecular formula is C10H24ClN3. The molecule has 0 spiro atoms. The summed E-state index contributed by atoms with van der Waals surface area (Å²) in [7, 11) is 0. The minimum atomic E-state index is 0. The molecule has 0 aliphatic carbocycles. The van der Waals surface area contributed by atoms with E-state index in [1.165, 1.54) is 32.5 Å². The average molecular weight is 222 g/mol. The van der Waals surface area contributed by atoms with Gasteiger partial charge in [0.05, 0.1) is 13.3 Å². The van der Waals surface area contributed by atoms with Crippen LogP contribution in [0.15, 0.2) is 0 Å². The van der Waals surface area contributed by atoms with Crippen molar-refractivity contribution in [2.24, 2.45) is 0 Å². The normalized spacial score (nSPS) is 19.9. The van der Waals surface area contributed by atoms with Crippen LogP contribution in [-0.4, -0.2) is 47.9 Å². The summed E-state index contributed by atoms with van der Waals surface area (Å²) in [5, 5.41) is 4.96. The number of nitrogens with zero attached hydrogens (tertiary/aromatic N) is 3. The van der Waals surface area contributed by atoms with Gasteiger partial charge in [-0.05, 0) is 19.4 Å². The molecule has 4 heteroatoms. The van der Waals surface area contributed by atoms with Gasteiger partial charge in [0.25, 0.3) is 0 Å². The monoisotopic (exact) mass is 221 g/mol. The van der Waals surface area contributed by atoms with Crippen LogP contribution in [0.3, 0.4) is 0 Å². The van der Waals surface area contributed by atoms with Crippen LogP contribution in [0.2, 0.25) is 0 Å². The summed E-state index contributed by atoms with van der Waals surface area (Å²) in [6, 6.07) is 0. The van der Waals surface area contributed by atoms with Gasteiger partial charge in [0, 0.05) is 13.1 Å². The van der Waals surface area contributed by atoms with Crippen LogP contribution in [0.4, 0.5) is 0 Å². The van der Waals surface area contributed by atoms with E-state index < -0.39 is 0 Å². The van der Waals surface area contributed by atoms with Crippen molar-refractivity contribution in [1.82, 2.24) is 14.9 Å². The lowest BCUT2D eigenvalue weighted by Gasteiger charge is -2.25. The van der Waals surface area contributed by atoms with Gasteiger partial charge in [0.1, 0.15) is 0 Å². The van der Waals surface area contributed by atoms with Crippen LogP contribution in [0, 0.1) is 0 Å². The van der Waals surface area contributed by atoms with Gasteiger partial charge in [0.2, 0.25) is 0 Å². The maximum absolute atomic E-state index is 2.48. The molecule has 1 aliphatic heterocycles. The molecule has 0 bridgehead atoms. The molecule has 1 heterocycles. The van der Waals surface area contributed by atoms with Gasteiger partial charge in [-0.15, -0.1) is 12.4 Å². The first kappa shape index (κ1) is 14.2. The minimum absolute atomic E-state index is 0. The van der Waals surface area contributed by atoms with Gasteiger partial charge in [0.15, 0.2) is 0 Å². The zero-order chi connectivity index (χ0) is 9.68. The number of rotatable bonds is 5. The Balaban J connectivity index is 0.00000169. The van der Waals surface area contributed by atoms with Crippen molar-refractivity contribution in [2.45, 2.75) is 33.6 Å². The third-order valence-corrected chi connectivity index (χ3v) is 2.54. The molecule has 0 atom stereocenters. The summed E-state index contributed by atoms with van der Waals surface area (Å²) in [5.41, 5.74) is 0. The van der Waals surface area contributed by atoms with E-state index in [1.807, 2.05) is 0 Å². The fourth-order valence-electron chi connectivity index (χ4n) is 1.83. The van der Waals surface area contributed by atoms with E-state index in [0.717, 1.165) is 13.3 Å². The third kappa shape index (κ3) is 3.73. The van der Waals surface area contributed by atoms with E-state index in [1.54, 1.807) is 0 Å². The van der Waals surface area contributed by atoms with Gasteiger partial charge in [-0.1, -0.05) is 20.8 Å². The Hall–Kier alpha value is 0.170. The van der Waals surface area contributed by atoms with Crippen LogP contribution >= 0.6 is 12.4 Å². The van der Waals surface area contributed by atoms with Crippen molar-refractivity contribution in [3.8, 4) is 0 Å². The van der Waals surface area contributed by atoms with Gasteiger partial charge in [-0.2, -0.15) is 0 Å². The fourth-order valence-corrected chi connectivity index (χ4v) is 1.83. The van der Waals surface area contributed by atoms with Crippen molar-refractivity contribution < 1.29 is 0 Å². The van der Waals surface area contributed by atoms with Crippen molar-refractivity contribution >= 4 is 12.4 Å². The van der Waals surface area contributed by atoms with Crippen LogP contribution in [0.1, 0.15) is 33.6 Å². The summed E-state index contributed by atoms with van der Waals surface area (Å²) in [6.45, 7) is 12.6. The summed E-state index contributed by atoms with van der Waals surface area (Å²) in [6.07, 6.45) is 2.50. The summed E-state index contributed by atoms with van der Waals surface area (Å²) < 4.78 is 0. The molecule has 0 unspecified atom stereocenters. The number of hydrogen-bond donors (Lipinski definition) is 0. The highest BCUT2D eigenvalue weighted by Gasteiger charge is 2.24. The van der Waals surface area contributed by atoms with Crippen LogP contribution < -0.4 is 0 Å². The summed E-state index contributed by atoms with van der Waals surface area (Å²) in [4.78, 5) is 2.48. The highest BCUT2D eigenvalue weighted by atomic mass is 35.5. The maximum Gasteiger partial charge on any atom is 0.0659 e. The standard InChI is InChI=1S/C10H23N3.ClH/c1-4-7-12-9-11(6-3)10-13(12)8-5-2;/h4-10H2,1-3H3;1H. The highest BCUT2D eigenvalue weighted by Crippen LogP contribution is 2.11. The third-order valence-electron chi connectivity index (χ3n) is 2.54. The van der Waals surface area contributed by atoms with E-state index in [-0.39, 0.29) is 12.4 Å². The zero-order valence-corrected chi connectivity index (χ0v) is 10.5. The first-order valence-corrected chi connectivity index (χ1v) is 5.53. The molecule has 1 rings (SSSR count). The molecule has 14 heavy (non-hydrogen) atoms. The lowest BCUT2D eigenvalue weighted by Crippen LogP contribution is -2.37.